The molecule has 3 heteroatoms. The molecule has 0 saturated heterocycles. The third-order valence-corrected chi connectivity index (χ3v) is 4.01. The summed E-state index contributed by atoms with van der Waals surface area (Å²) >= 11 is 0. The number of rotatable bonds is 7. The maximum absolute atomic E-state index is 12.7. The van der Waals surface area contributed by atoms with E-state index < -0.39 is 0 Å². The van der Waals surface area contributed by atoms with E-state index in [2.05, 4.69) is 49.5 Å². The number of aryl methyl sites for hydroxylation is 1. The first-order chi connectivity index (χ1) is 10.7. The molecule has 0 unspecified atom stereocenters. The van der Waals surface area contributed by atoms with Crippen LogP contribution in [0.5, 0.6) is 0 Å². The second-order valence-electron chi connectivity index (χ2n) is 5.63. The van der Waals surface area contributed by atoms with Gasteiger partial charge in [-0.3, -0.25) is 4.79 Å². The van der Waals surface area contributed by atoms with Gasteiger partial charge in [-0.15, -0.1) is 0 Å². The molecule has 0 amide bonds. The fourth-order valence-electron chi connectivity index (χ4n) is 2.65. The fraction of sp³-hybridized carbons (Fsp3) is 0.421. The lowest BCUT2D eigenvalue weighted by atomic mass is 10.1. The lowest BCUT2D eigenvalue weighted by Crippen LogP contribution is -2.27. The summed E-state index contributed by atoms with van der Waals surface area (Å²) in [5.41, 5.74) is 4.40. The molecule has 2 rings (SSSR count). The Bertz CT molecular complexity index is 656. The van der Waals surface area contributed by atoms with Crippen LogP contribution in [-0.2, 0) is 19.5 Å². The zero-order valence-electron chi connectivity index (χ0n) is 13.9. The van der Waals surface area contributed by atoms with Gasteiger partial charge >= 0.3 is 0 Å². The van der Waals surface area contributed by atoms with Gasteiger partial charge in [0.1, 0.15) is 0 Å². The number of nitrogens with zero attached hydrogens (tertiary/aromatic N) is 1. The first-order valence-electron chi connectivity index (χ1n) is 8.17. The van der Waals surface area contributed by atoms with Crippen LogP contribution in [0.2, 0.25) is 0 Å². The van der Waals surface area contributed by atoms with Crippen molar-refractivity contribution in [3.05, 3.63) is 57.9 Å². The number of aromatic nitrogens is 1. The number of benzene rings is 1. The Balaban J connectivity index is 2.48. The van der Waals surface area contributed by atoms with E-state index in [1.54, 1.807) is 0 Å². The molecule has 0 spiro atoms. The lowest BCUT2D eigenvalue weighted by molar-refractivity contribution is 0.610. The Morgan fingerprint density at radius 1 is 1.05 bits per heavy atom. The van der Waals surface area contributed by atoms with Crippen molar-refractivity contribution in [1.82, 2.24) is 9.88 Å². The van der Waals surface area contributed by atoms with Crippen LogP contribution in [0.1, 0.15) is 37.8 Å². The smallest absolute Gasteiger partial charge is 0.255 e. The largest absolute Gasteiger partial charge is 0.315 e. The van der Waals surface area contributed by atoms with Crippen molar-refractivity contribution >= 4 is 0 Å². The van der Waals surface area contributed by atoms with Crippen molar-refractivity contribution in [2.24, 2.45) is 0 Å². The second kappa shape index (κ2) is 7.95. The first-order valence-corrected chi connectivity index (χ1v) is 8.17. The quantitative estimate of drug-likeness (QED) is 0.847. The lowest BCUT2D eigenvalue weighted by Gasteiger charge is -2.15. The number of nitrogens with one attached hydrogen (secondary N) is 1. The molecule has 0 atom stereocenters. The van der Waals surface area contributed by atoms with Gasteiger partial charge in [0.25, 0.3) is 5.56 Å². The summed E-state index contributed by atoms with van der Waals surface area (Å²) in [5.74, 6) is 0. The van der Waals surface area contributed by atoms with Crippen LogP contribution in [0.4, 0.5) is 0 Å². The monoisotopic (exact) mass is 298 g/mol. The predicted molar refractivity (Wildman–Crippen MR) is 93.2 cm³/mol. The zero-order chi connectivity index (χ0) is 15.9. The molecule has 0 aliphatic heterocycles. The molecule has 0 radical (unpaired) electrons. The van der Waals surface area contributed by atoms with Gasteiger partial charge in [-0.2, -0.15) is 0 Å². The normalized spacial score (nSPS) is 10.9. The van der Waals surface area contributed by atoms with Crippen LogP contribution in [0.15, 0.2) is 41.2 Å². The number of hydrogen-bond acceptors (Lipinski definition) is 2. The minimum atomic E-state index is 0.125. The number of hydrogen-bond donors (Lipinski definition) is 1. The van der Waals surface area contributed by atoms with Gasteiger partial charge in [0.15, 0.2) is 0 Å². The Morgan fingerprint density at radius 2 is 1.77 bits per heavy atom. The Hall–Kier alpha value is -1.87. The van der Waals surface area contributed by atoms with E-state index in [9.17, 15) is 4.79 Å². The van der Waals surface area contributed by atoms with Crippen LogP contribution in [0.25, 0.3) is 11.3 Å². The third-order valence-electron chi connectivity index (χ3n) is 4.01. The molecule has 0 saturated carbocycles. The molecule has 0 fully saturated rings. The first kappa shape index (κ1) is 16.5. The van der Waals surface area contributed by atoms with E-state index in [1.165, 1.54) is 5.56 Å². The number of pyridine rings is 1. The molecule has 2 aromatic rings. The molecular formula is C19H26N2O. The summed E-state index contributed by atoms with van der Waals surface area (Å²) in [5, 5.41) is 3.07. The van der Waals surface area contributed by atoms with E-state index in [0.29, 0.717) is 6.54 Å². The molecule has 118 valence electrons. The summed E-state index contributed by atoms with van der Waals surface area (Å²) < 4.78 is 1.93. The van der Waals surface area contributed by atoms with E-state index in [0.717, 1.165) is 42.6 Å². The standard InChI is InChI=1S/C19H26N2O/c1-4-6-13-21-18(12-11-17(14-20-3)19(21)22)16-9-7-15(5-2)8-10-16/h7-12,20H,4-6,13-14H2,1-3H3. The molecule has 0 aliphatic rings. The van der Waals surface area contributed by atoms with Crippen LogP contribution in [0.3, 0.4) is 0 Å². The van der Waals surface area contributed by atoms with Gasteiger partial charge in [-0.25, -0.2) is 0 Å². The average Bonchev–Trinajstić information content (AvgIpc) is 2.56. The summed E-state index contributed by atoms with van der Waals surface area (Å²) in [6.07, 6.45) is 3.13. The minimum Gasteiger partial charge on any atom is -0.315 e. The molecule has 1 heterocycles. The molecule has 0 aliphatic carbocycles. The van der Waals surface area contributed by atoms with Crippen molar-refractivity contribution < 1.29 is 0 Å². The van der Waals surface area contributed by atoms with Crippen molar-refractivity contribution in [2.45, 2.75) is 46.2 Å². The van der Waals surface area contributed by atoms with Crippen LogP contribution in [-0.4, -0.2) is 11.6 Å². The topological polar surface area (TPSA) is 34.0 Å². The number of unbranched alkanes of at least 4 members (excludes halogenated alkanes) is 1. The average molecular weight is 298 g/mol. The highest BCUT2D eigenvalue weighted by atomic mass is 16.1. The van der Waals surface area contributed by atoms with Crippen LogP contribution in [0, 0.1) is 0 Å². The summed E-state index contributed by atoms with van der Waals surface area (Å²) in [6.45, 7) is 5.69. The van der Waals surface area contributed by atoms with Gasteiger partial charge in [-0.1, -0.05) is 50.6 Å². The highest BCUT2D eigenvalue weighted by molar-refractivity contribution is 5.60. The van der Waals surface area contributed by atoms with E-state index >= 15 is 0 Å². The highest BCUT2D eigenvalue weighted by Crippen LogP contribution is 2.20. The van der Waals surface area contributed by atoms with E-state index in [-0.39, 0.29) is 5.56 Å². The van der Waals surface area contributed by atoms with Gasteiger partial charge in [0.2, 0.25) is 0 Å². The molecule has 1 aromatic heterocycles. The summed E-state index contributed by atoms with van der Waals surface area (Å²) in [7, 11) is 1.87. The third kappa shape index (κ3) is 3.66. The molecule has 1 aromatic carbocycles. The van der Waals surface area contributed by atoms with Gasteiger partial charge in [-0.05, 0) is 37.1 Å². The predicted octanol–water partition coefficient (Wildman–Crippen LogP) is 3.60. The SMILES string of the molecule is CCCCn1c(-c2ccc(CC)cc2)ccc(CNC)c1=O. The minimum absolute atomic E-state index is 0.125. The van der Waals surface area contributed by atoms with Crippen molar-refractivity contribution in [2.75, 3.05) is 7.05 Å². The van der Waals surface area contributed by atoms with Gasteiger partial charge in [0.05, 0.1) is 5.69 Å². The molecule has 3 nitrogen and oxygen atoms in total. The summed E-state index contributed by atoms with van der Waals surface area (Å²) in [4.78, 5) is 12.7. The Morgan fingerprint density at radius 3 is 2.36 bits per heavy atom. The zero-order valence-corrected chi connectivity index (χ0v) is 13.9. The molecule has 1 N–H and O–H groups in total. The van der Waals surface area contributed by atoms with Crippen molar-refractivity contribution in [3.63, 3.8) is 0 Å². The van der Waals surface area contributed by atoms with Crippen molar-refractivity contribution in [1.29, 1.82) is 0 Å². The Kier molecular flexibility index (Phi) is 5.96. The van der Waals surface area contributed by atoms with E-state index in [1.807, 2.05) is 17.7 Å². The molecular weight excluding hydrogens is 272 g/mol. The summed E-state index contributed by atoms with van der Waals surface area (Å²) in [6, 6.07) is 12.5. The maximum Gasteiger partial charge on any atom is 0.255 e. The fourth-order valence-corrected chi connectivity index (χ4v) is 2.65. The molecule has 22 heavy (non-hydrogen) atoms. The van der Waals surface area contributed by atoms with Gasteiger partial charge < -0.3 is 9.88 Å². The highest BCUT2D eigenvalue weighted by Gasteiger charge is 2.10. The van der Waals surface area contributed by atoms with Crippen LogP contribution >= 0.6 is 0 Å². The second-order valence-corrected chi connectivity index (χ2v) is 5.63. The molecule has 0 bridgehead atoms. The van der Waals surface area contributed by atoms with Crippen LogP contribution < -0.4 is 10.9 Å². The Labute approximate surface area is 133 Å². The maximum atomic E-state index is 12.7. The van der Waals surface area contributed by atoms with E-state index in [4.69, 9.17) is 0 Å². The van der Waals surface area contributed by atoms with Crippen molar-refractivity contribution in [3.8, 4) is 11.3 Å². The van der Waals surface area contributed by atoms with Gasteiger partial charge in [0, 0.05) is 18.7 Å².